The summed E-state index contributed by atoms with van der Waals surface area (Å²) < 4.78 is 38.9. The lowest BCUT2D eigenvalue weighted by molar-refractivity contribution is -0.133. The molecule has 2 aromatic carbocycles. The molecule has 0 radical (unpaired) electrons. The van der Waals surface area contributed by atoms with Gasteiger partial charge < -0.3 is 14.4 Å². The molecule has 0 saturated heterocycles. The Morgan fingerprint density at radius 1 is 1.03 bits per heavy atom. The first-order valence-electron chi connectivity index (χ1n) is 11.9. The van der Waals surface area contributed by atoms with Crippen molar-refractivity contribution >= 4 is 27.3 Å². The maximum absolute atomic E-state index is 13.8. The van der Waals surface area contributed by atoms with Crippen LogP contribution in [0.3, 0.4) is 0 Å². The minimum atomic E-state index is -3.88. The highest BCUT2D eigenvalue weighted by Crippen LogP contribution is 2.38. The summed E-state index contributed by atoms with van der Waals surface area (Å²) in [5.41, 5.74) is 2.06. The molecule has 2 heterocycles. The number of nitrogens with zero attached hydrogens (tertiary/aromatic N) is 2. The molecule has 7 nitrogen and oxygen atoms in total. The average molecular weight is 529 g/mol. The van der Waals surface area contributed by atoms with Gasteiger partial charge in [-0.1, -0.05) is 26.0 Å². The summed E-state index contributed by atoms with van der Waals surface area (Å²) >= 11 is 1.69. The van der Waals surface area contributed by atoms with Gasteiger partial charge in [-0.25, -0.2) is 8.42 Å². The Labute approximate surface area is 217 Å². The maximum atomic E-state index is 13.8. The number of sulfonamides is 1. The molecule has 1 aromatic heterocycles. The van der Waals surface area contributed by atoms with Gasteiger partial charge in [-0.2, -0.15) is 4.31 Å². The molecule has 0 fully saturated rings. The number of methoxy groups -OCH3 is 2. The van der Waals surface area contributed by atoms with E-state index >= 15 is 0 Å². The lowest BCUT2D eigenvalue weighted by atomic mass is 9.93. The fourth-order valence-electron chi connectivity index (χ4n) is 4.52. The summed E-state index contributed by atoms with van der Waals surface area (Å²) in [6.07, 6.45) is 0.751. The van der Waals surface area contributed by atoms with E-state index in [1.807, 2.05) is 48.4 Å². The quantitative estimate of drug-likeness (QED) is 0.406. The Balaban J connectivity index is 1.65. The molecule has 1 aliphatic rings. The van der Waals surface area contributed by atoms with E-state index in [2.05, 4.69) is 6.07 Å². The van der Waals surface area contributed by atoms with Gasteiger partial charge >= 0.3 is 0 Å². The molecule has 4 rings (SSSR count). The van der Waals surface area contributed by atoms with Gasteiger partial charge in [-0.05, 0) is 71.3 Å². The van der Waals surface area contributed by atoms with Crippen molar-refractivity contribution in [2.24, 2.45) is 5.92 Å². The number of carbonyl (C=O) groups excluding carboxylic acids is 1. The maximum Gasteiger partial charge on any atom is 0.243 e. The highest BCUT2D eigenvalue weighted by atomic mass is 32.2. The Kier molecular flexibility index (Phi) is 8.02. The third kappa shape index (κ3) is 5.43. The molecule has 3 aromatic rings. The molecule has 1 amide bonds. The third-order valence-corrected chi connectivity index (χ3v) is 9.12. The van der Waals surface area contributed by atoms with Gasteiger partial charge in [0.1, 0.15) is 11.5 Å². The molecule has 0 aliphatic carbocycles. The van der Waals surface area contributed by atoms with Gasteiger partial charge in [0.25, 0.3) is 0 Å². The second-order valence-electron chi connectivity index (χ2n) is 9.18. The van der Waals surface area contributed by atoms with Crippen LogP contribution < -0.4 is 9.47 Å². The lowest BCUT2D eigenvalue weighted by Gasteiger charge is -2.37. The van der Waals surface area contributed by atoms with E-state index in [-0.39, 0.29) is 35.9 Å². The smallest absolute Gasteiger partial charge is 0.243 e. The van der Waals surface area contributed by atoms with Crippen LogP contribution in [0.1, 0.15) is 35.9 Å². The van der Waals surface area contributed by atoms with Gasteiger partial charge in [0, 0.05) is 18.0 Å². The third-order valence-electron chi connectivity index (χ3n) is 6.30. The molecule has 192 valence electrons. The van der Waals surface area contributed by atoms with Crippen LogP contribution in [0.25, 0.3) is 0 Å². The highest BCUT2D eigenvalue weighted by molar-refractivity contribution is 7.89. The van der Waals surface area contributed by atoms with Gasteiger partial charge in [0.15, 0.2) is 0 Å². The molecule has 1 aliphatic heterocycles. The van der Waals surface area contributed by atoms with Crippen LogP contribution in [0.2, 0.25) is 0 Å². The summed E-state index contributed by atoms with van der Waals surface area (Å²) in [7, 11) is -0.728. The van der Waals surface area contributed by atoms with Gasteiger partial charge in [-0.15, -0.1) is 11.3 Å². The number of benzene rings is 2. The number of thiophene rings is 1. The number of hydrogen-bond acceptors (Lipinski definition) is 6. The molecule has 36 heavy (non-hydrogen) atoms. The van der Waals surface area contributed by atoms with E-state index in [4.69, 9.17) is 9.47 Å². The van der Waals surface area contributed by atoms with Crippen molar-refractivity contribution in [2.45, 2.75) is 31.2 Å². The van der Waals surface area contributed by atoms with Crippen molar-refractivity contribution in [1.29, 1.82) is 0 Å². The zero-order valence-corrected chi connectivity index (χ0v) is 22.6. The summed E-state index contributed by atoms with van der Waals surface area (Å²) in [5, 5.41) is 2.05. The number of amides is 1. The Morgan fingerprint density at radius 3 is 2.22 bits per heavy atom. The summed E-state index contributed by atoms with van der Waals surface area (Å²) in [6.45, 7) is 4.43. The zero-order chi connectivity index (χ0) is 25.9. The molecule has 0 spiro atoms. The van der Waals surface area contributed by atoms with E-state index in [0.29, 0.717) is 12.3 Å². The van der Waals surface area contributed by atoms with Crippen LogP contribution >= 0.6 is 11.3 Å². The minimum absolute atomic E-state index is 0.0491. The van der Waals surface area contributed by atoms with Crippen molar-refractivity contribution in [2.75, 3.05) is 33.9 Å². The molecule has 0 N–H and O–H groups in total. The first-order valence-corrected chi connectivity index (χ1v) is 14.2. The lowest BCUT2D eigenvalue weighted by Crippen LogP contribution is -2.47. The van der Waals surface area contributed by atoms with Crippen LogP contribution in [0.4, 0.5) is 0 Å². The number of fused-ring (bicyclic) bond motifs is 1. The van der Waals surface area contributed by atoms with Crippen molar-refractivity contribution in [3.63, 3.8) is 0 Å². The van der Waals surface area contributed by atoms with E-state index in [9.17, 15) is 13.2 Å². The monoisotopic (exact) mass is 528 g/mol. The average Bonchev–Trinajstić information content (AvgIpc) is 3.36. The highest BCUT2D eigenvalue weighted by Gasteiger charge is 2.35. The second kappa shape index (κ2) is 11.0. The van der Waals surface area contributed by atoms with E-state index < -0.39 is 10.0 Å². The fourth-order valence-corrected chi connectivity index (χ4v) is 6.98. The number of carbonyl (C=O) groups is 1. The molecular formula is C27H32N2O5S2. The van der Waals surface area contributed by atoms with Crippen LogP contribution in [-0.4, -0.2) is 57.4 Å². The second-order valence-corrected chi connectivity index (χ2v) is 12.1. The summed E-state index contributed by atoms with van der Waals surface area (Å²) in [5.74, 6) is 1.15. The Bertz CT molecular complexity index is 1280. The van der Waals surface area contributed by atoms with Crippen LogP contribution in [0, 0.1) is 5.92 Å². The van der Waals surface area contributed by atoms with Gasteiger partial charge in [-0.3, -0.25) is 4.79 Å². The first-order chi connectivity index (χ1) is 17.2. The predicted octanol–water partition coefficient (Wildman–Crippen LogP) is 4.59. The topological polar surface area (TPSA) is 76.2 Å². The molecule has 1 unspecified atom stereocenters. The number of hydrogen-bond donors (Lipinski definition) is 0. The van der Waals surface area contributed by atoms with Crippen molar-refractivity contribution in [3.05, 3.63) is 76.0 Å². The molecular weight excluding hydrogens is 496 g/mol. The van der Waals surface area contributed by atoms with Crippen LogP contribution in [0.5, 0.6) is 11.5 Å². The molecule has 0 bridgehead atoms. The SMILES string of the molecule is COc1ccc(C2c3ccsc3CCN2C(=O)CN(CC(C)C)S(=O)(=O)c2ccc(OC)cc2)cc1. The Morgan fingerprint density at radius 2 is 1.64 bits per heavy atom. The Hall–Kier alpha value is -2.88. The van der Waals surface area contributed by atoms with Crippen molar-refractivity contribution in [1.82, 2.24) is 9.21 Å². The molecule has 9 heteroatoms. The van der Waals surface area contributed by atoms with Crippen LogP contribution in [0.15, 0.2) is 64.9 Å². The first kappa shape index (κ1) is 26.2. The van der Waals surface area contributed by atoms with Gasteiger partial charge in [0.05, 0.1) is 31.7 Å². The minimum Gasteiger partial charge on any atom is -0.497 e. The van der Waals surface area contributed by atoms with Crippen molar-refractivity contribution < 1.29 is 22.7 Å². The largest absolute Gasteiger partial charge is 0.497 e. The standard InChI is InChI=1S/C27H32N2O5S2/c1-19(2)17-28(36(31,32)23-11-9-22(34-4)10-12-23)18-26(30)29-15-13-25-24(14-16-35-25)27(29)20-5-7-21(33-3)8-6-20/h5-12,14,16,19,27H,13,15,17-18H2,1-4H3. The predicted molar refractivity (Wildman–Crippen MR) is 141 cm³/mol. The zero-order valence-electron chi connectivity index (χ0n) is 21.0. The van der Waals surface area contributed by atoms with Crippen molar-refractivity contribution in [3.8, 4) is 11.5 Å². The summed E-state index contributed by atoms with van der Waals surface area (Å²) in [6, 6.07) is 15.8. The van der Waals surface area contributed by atoms with E-state index in [1.165, 1.54) is 28.4 Å². The van der Waals surface area contributed by atoms with E-state index in [0.717, 1.165) is 23.3 Å². The summed E-state index contributed by atoms with van der Waals surface area (Å²) in [4.78, 5) is 17.0. The molecule has 1 atom stereocenters. The number of rotatable bonds is 9. The van der Waals surface area contributed by atoms with E-state index in [1.54, 1.807) is 30.6 Å². The van der Waals surface area contributed by atoms with Gasteiger partial charge in [0.2, 0.25) is 15.9 Å². The normalized spacial score (nSPS) is 15.7. The number of ether oxygens (including phenoxy) is 2. The molecule has 0 saturated carbocycles. The van der Waals surface area contributed by atoms with Crippen LogP contribution in [-0.2, 0) is 21.2 Å². The fraction of sp³-hybridized carbons (Fsp3) is 0.370.